The average molecular weight is 308 g/mol. The Hall–Kier alpha value is -2.64. The van der Waals surface area contributed by atoms with Crippen LogP contribution in [0, 0.1) is 16.0 Å². The number of rotatable bonds is 5. The number of hydrogen-bond acceptors (Lipinski definition) is 6. The predicted molar refractivity (Wildman–Crippen MR) is 76.7 cm³/mol. The Kier molecular flexibility index (Phi) is 4.59. The molecule has 0 radical (unpaired) electrons. The van der Waals surface area contributed by atoms with Crippen molar-refractivity contribution >= 4 is 23.3 Å². The molecule has 0 unspecified atom stereocenters. The number of benzene rings is 1. The van der Waals surface area contributed by atoms with Gasteiger partial charge in [0.05, 0.1) is 30.2 Å². The molecule has 2 rings (SSSR count). The third-order valence-electron chi connectivity index (χ3n) is 3.41. The van der Waals surface area contributed by atoms with Gasteiger partial charge in [-0.3, -0.25) is 19.7 Å². The number of amides is 1. The van der Waals surface area contributed by atoms with Crippen molar-refractivity contribution in [1.82, 2.24) is 0 Å². The highest BCUT2D eigenvalue weighted by Gasteiger charge is 2.37. The number of non-ortho nitro benzene ring substituents is 1. The first-order chi connectivity index (χ1) is 10.5. The predicted octanol–water partition coefficient (Wildman–Crippen LogP) is 1.52. The monoisotopic (exact) mass is 308 g/mol. The van der Waals surface area contributed by atoms with E-state index < -0.39 is 16.8 Å². The number of carbonyl (C=O) groups excluding carboxylic acids is 2. The Labute approximate surface area is 126 Å². The molecule has 1 aliphatic heterocycles. The van der Waals surface area contributed by atoms with E-state index in [0.717, 1.165) is 0 Å². The zero-order valence-corrected chi connectivity index (χ0v) is 12.3. The average Bonchev–Trinajstić information content (AvgIpc) is 2.88. The molecule has 8 heteroatoms. The third kappa shape index (κ3) is 3.00. The molecule has 8 nitrogen and oxygen atoms in total. The molecular weight excluding hydrogens is 292 g/mol. The summed E-state index contributed by atoms with van der Waals surface area (Å²) in [6.45, 7) is 2.05. The third-order valence-corrected chi connectivity index (χ3v) is 3.41. The Morgan fingerprint density at radius 1 is 1.50 bits per heavy atom. The number of hydrogen-bond donors (Lipinski definition) is 0. The molecule has 1 heterocycles. The molecule has 1 saturated heterocycles. The zero-order chi connectivity index (χ0) is 16.3. The number of carbonyl (C=O) groups is 2. The molecule has 1 aromatic rings. The molecule has 0 saturated carbocycles. The van der Waals surface area contributed by atoms with Crippen molar-refractivity contribution in [1.29, 1.82) is 0 Å². The van der Waals surface area contributed by atoms with E-state index in [4.69, 9.17) is 9.47 Å². The van der Waals surface area contributed by atoms with Gasteiger partial charge in [0.15, 0.2) is 0 Å². The van der Waals surface area contributed by atoms with E-state index in [9.17, 15) is 19.7 Å². The van der Waals surface area contributed by atoms with Gasteiger partial charge in [-0.1, -0.05) is 0 Å². The smallest absolute Gasteiger partial charge is 0.311 e. The van der Waals surface area contributed by atoms with Crippen LogP contribution >= 0.6 is 0 Å². The lowest BCUT2D eigenvalue weighted by Crippen LogP contribution is -2.27. The van der Waals surface area contributed by atoms with Crippen LogP contribution in [0.4, 0.5) is 11.4 Å². The van der Waals surface area contributed by atoms with Crippen molar-refractivity contribution in [3.8, 4) is 5.75 Å². The second-order valence-electron chi connectivity index (χ2n) is 4.77. The lowest BCUT2D eigenvalue weighted by atomic mass is 10.1. The van der Waals surface area contributed by atoms with Crippen molar-refractivity contribution < 1.29 is 24.0 Å². The van der Waals surface area contributed by atoms with Gasteiger partial charge in [-0.2, -0.15) is 0 Å². The molecule has 22 heavy (non-hydrogen) atoms. The first kappa shape index (κ1) is 15.7. The minimum atomic E-state index is -0.573. The molecule has 1 fully saturated rings. The van der Waals surface area contributed by atoms with Crippen molar-refractivity contribution in [2.24, 2.45) is 5.92 Å². The normalized spacial score (nSPS) is 17.5. The topological polar surface area (TPSA) is 99.0 Å². The second kappa shape index (κ2) is 6.42. The molecule has 0 bridgehead atoms. The number of nitro groups is 1. The van der Waals surface area contributed by atoms with Gasteiger partial charge in [-0.05, 0) is 13.0 Å². The van der Waals surface area contributed by atoms with Gasteiger partial charge in [-0.15, -0.1) is 0 Å². The molecule has 0 spiro atoms. The first-order valence-electron chi connectivity index (χ1n) is 6.77. The van der Waals surface area contributed by atoms with Crippen LogP contribution in [0.25, 0.3) is 0 Å². The highest BCUT2D eigenvalue weighted by atomic mass is 16.6. The van der Waals surface area contributed by atoms with E-state index in [2.05, 4.69) is 0 Å². The number of anilines is 1. The van der Waals surface area contributed by atoms with E-state index in [1.165, 1.54) is 30.2 Å². The number of nitrogens with zero attached hydrogens (tertiary/aromatic N) is 2. The van der Waals surface area contributed by atoms with E-state index in [-0.39, 0.29) is 36.9 Å². The first-order valence-corrected chi connectivity index (χ1v) is 6.77. The maximum absolute atomic E-state index is 12.1. The maximum atomic E-state index is 12.1. The Bertz CT molecular complexity index is 615. The summed E-state index contributed by atoms with van der Waals surface area (Å²) in [4.78, 5) is 35.6. The van der Waals surface area contributed by atoms with E-state index >= 15 is 0 Å². The summed E-state index contributed by atoms with van der Waals surface area (Å²) in [6.07, 6.45) is 0.0185. The summed E-state index contributed by atoms with van der Waals surface area (Å²) in [7, 11) is 1.41. The minimum Gasteiger partial charge on any atom is -0.495 e. The van der Waals surface area contributed by atoms with Gasteiger partial charge in [0, 0.05) is 25.1 Å². The summed E-state index contributed by atoms with van der Waals surface area (Å²) < 4.78 is 10.1. The van der Waals surface area contributed by atoms with Crippen molar-refractivity contribution in [2.75, 3.05) is 25.2 Å². The lowest BCUT2D eigenvalue weighted by molar-refractivity contribution is -0.384. The van der Waals surface area contributed by atoms with Crippen LogP contribution in [0.3, 0.4) is 0 Å². The van der Waals surface area contributed by atoms with Crippen LogP contribution in [0.5, 0.6) is 5.75 Å². The molecule has 1 amide bonds. The summed E-state index contributed by atoms with van der Waals surface area (Å²) in [5.41, 5.74) is 0.136. The molecule has 1 atom stereocenters. The van der Waals surface area contributed by atoms with Crippen LogP contribution in [0.1, 0.15) is 13.3 Å². The fourth-order valence-electron chi connectivity index (χ4n) is 2.36. The SMILES string of the molecule is CCOC(=O)[C@@H]1CC(=O)N(c2cc([N+](=O)[O-])ccc2OC)C1. The van der Waals surface area contributed by atoms with Gasteiger partial charge >= 0.3 is 5.97 Å². The summed E-state index contributed by atoms with van der Waals surface area (Å²) >= 11 is 0. The van der Waals surface area contributed by atoms with Crippen molar-refractivity contribution in [3.05, 3.63) is 28.3 Å². The molecule has 0 N–H and O–H groups in total. The van der Waals surface area contributed by atoms with Crippen LogP contribution in [-0.4, -0.2) is 37.1 Å². The van der Waals surface area contributed by atoms with Crippen molar-refractivity contribution in [3.63, 3.8) is 0 Å². The van der Waals surface area contributed by atoms with E-state index in [0.29, 0.717) is 5.75 Å². The van der Waals surface area contributed by atoms with Crippen LogP contribution in [0.2, 0.25) is 0 Å². The number of esters is 1. The van der Waals surface area contributed by atoms with Crippen LogP contribution in [0.15, 0.2) is 18.2 Å². The molecule has 118 valence electrons. The minimum absolute atomic E-state index is 0.0185. The molecule has 1 aromatic carbocycles. The molecule has 0 aromatic heterocycles. The van der Waals surface area contributed by atoms with Gasteiger partial charge in [-0.25, -0.2) is 0 Å². The van der Waals surface area contributed by atoms with Gasteiger partial charge in [0.25, 0.3) is 5.69 Å². The van der Waals surface area contributed by atoms with Crippen LogP contribution < -0.4 is 9.64 Å². The molecule has 1 aliphatic rings. The zero-order valence-electron chi connectivity index (χ0n) is 12.3. The molecule has 0 aliphatic carbocycles. The van der Waals surface area contributed by atoms with Gasteiger partial charge in [0.1, 0.15) is 5.75 Å². The number of nitro benzene ring substituents is 1. The standard InChI is InChI=1S/C14H16N2O6/c1-3-22-14(18)9-6-13(17)15(8-9)11-7-10(16(19)20)4-5-12(11)21-2/h4-5,7,9H,3,6,8H2,1-2H3/t9-/m1/s1. The number of methoxy groups -OCH3 is 1. The Morgan fingerprint density at radius 2 is 2.23 bits per heavy atom. The van der Waals surface area contributed by atoms with Gasteiger partial charge < -0.3 is 14.4 Å². The largest absolute Gasteiger partial charge is 0.495 e. The van der Waals surface area contributed by atoms with Crippen LogP contribution in [-0.2, 0) is 14.3 Å². The quantitative estimate of drug-likeness (QED) is 0.464. The lowest BCUT2D eigenvalue weighted by Gasteiger charge is -2.19. The van der Waals surface area contributed by atoms with Crippen molar-refractivity contribution in [2.45, 2.75) is 13.3 Å². The summed E-state index contributed by atoms with van der Waals surface area (Å²) in [5, 5.41) is 10.9. The summed E-state index contributed by atoms with van der Waals surface area (Å²) in [6, 6.07) is 3.99. The fraction of sp³-hybridized carbons (Fsp3) is 0.429. The molecular formula is C14H16N2O6. The highest BCUT2D eigenvalue weighted by molar-refractivity contribution is 6.00. The Morgan fingerprint density at radius 3 is 2.82 bits per heavy atom. The Balaban J connectivity index is 2.31. The summed E-state index contributed by atoms with van der Waals surface area (Å²) in [5.74, 6) is -0.973. The van der Waals surface area contributed by atoms with E-state index in [1.807, 2.05) is 0 Å². The highest BCUT2D eigenvalue weighted by Crippen LogP contribution is 2.36. The van der Waals surface area contributed by atoms with E-state index in [1.54, 1.807) is 6.92 Å². The maximum Gasteiger partial charge on any atom is 0.311 e. The fourth-order valence-corrected chi connectivity index (χ4v) is 2.36. The number of ether oxygens (including phenoxy) is 2. The second-order valence-corrected chi connectivity index (χ2v) is 4.77. The van der Waals surface area contributed by atoms with Gasteiger partial charge in [0.2, 0.25) is 5.91 Å².